The number of nitrogen functional groups attached to an aromatic ring is 1. The molecule has 3 N–H and O–H groups in total. The molecule has 0 unspecified atom stereocenters. The number of phenols is 1. The van der Waals surface area contributed by atoms with Crippen molar-refractivity contribution in [3.63, 3.8) is 0 Å². The summed E-state index contributed by atoms with van der Waals surface area (Å²) in [6.45, 7) is 6.65. The molecule has 0 fully saturated rings. The lowest BCUT2D eigenvalue weighted by molar-refractivity contribution is 0.468. The van der Waals surface area contributed by atoms with Gasteiger partial charge in [0.15, 0.2) is 16.1 Å². The van der Waals surface area contributed by atoms with Crippen LogP contribution in [0.5, 0.6) is 5.75 Å². The maximum absolute atomic E-state index is 11.0. The fourth-order valence-electron chi connectivity index (χ4n) is 4.13. The lowest BCUT2D eigenvalue weighted by Gasteiger charge is -2.12. The Morgan fingerprint density at radius 1 is 0.667 bits per heavy atom. The van der Waals surface area contributed by atoms with Gasteiger partial charge in [0.25, 0.3) is 0 Å². The molecule has 36 heavy (non-hydrogen) atoms. The third kappa shape index (κ3) is 11.7. The minimum atomic E-state index is 0.252. The molecule has 0 saturated carbocycles. The summed E-state index contributed by atoms with van der Waals surface area (Å²) in [7, 11) is 0. The van der Waals surface area contributed by atoms with E-state index < -0.39 is 0 Å². The van der Waals surface area contributed by atoms with E-state index >= 15 is 0 Å². The number of aromatic hydroxyl groups is 1. The zero-order chi connectivity index (χ0) is 26.0. The van der Waals surface area contributed by atoms with Crippen molar-refractivity contribution in [1.29, 1.82) is 0 Å². The number of anilines is 1. The number of hydrogen-bond acceptors (Lipinski definition) is 7. The van der Waals surface area contributed by atoms with Crippen LogP contribution in [0.1, 0.15) is 116 Å². The first-order valence-electron chi connectivity index (χ1n) is 14.2. The maximum Gasteiger partial charge on any atom is 0.192 e. The Hall–Kier alpha value is -1.47. The maximum atomic E-state index is 11.0. The molecule has 0 atom stereocenters. The second-order valence-corrected chi connectivity index (χ2v) is 11.8. The van der Waals surface area contributed by atoms with E-state index in [1.54, 1.807) is 29.6 Å². The second-order valence-electron chi connectivity index (χ2n) is 9.64. The van der Waals surface area contributed by atoms with Crippen molar-refractivity contribution in [2.45, 2.75) is 127 Å². The summed E-state index contributed by atoms with van der Waals surface area (Å²) in [6.07, 6.45) is 18.2. The predicted molar refractivity (Wildman–Crippen MR) is 158 cm³/mol. The molecule has 0 amide bonds. The molecular formula is C29H48N4OS2. The van der Waals surface area contributed by atoms with E-state index in [2.05, 4.69) is 20.8 Å². The summed E-state index contributed by atoms with van der Waals surface area (Å²) in [4.78, 5) is 14.3. The molecule has 202 valence electrons. The Kier molecular flexibility index (Phi) is 16.0. The van der Waals surface area contributed by atoms with E-state index in [4.69, 9.17) is 20.7 Å². The first-order chi connectivity index (χ1) is 17.6. The highest BCUT2D eigenvalue weighted by molar-refractivity contribution is 7.99. The van der Waals surface area contributed by atoms with Gasteiger partial charge in [-0.25, -0.2) is 9.97 Å². The van der Waals surface area contributed by atoms with Gasteiger partial charge in [0.05, 0.1) is 5.56 Å². The fourth-order valence-corrected chi connectivity index (χ4v) is 5.85. The van der Waals surface area contributed by atoms with E-state index in [1.807, 2.05) is 6.07 Å². The van der Waals surface area contributed by atoms with Crippen LogP contribution in [-0.4, -0.2) is 31.6 Å². The highest BCUT2D eigenvalue weighted by Crippen LogP contribution is 2.35. The predicted octanol–water partition coefficient (Wildman–Crippen LogP) is 9.07. The average molecular weight is 533 g/mol. The van der Waals surface area contributed by atoms with E-state index in [-0.39, 0.29) is 5.75 Å². The van der Waals surface area contributed by atoms with Gasteiger partial charge in [-0.05, 0) is 43.4 Å². The van der Waals surface area contributed by atoms with Crippen molar-refractivity contribution in [2.24, 2.45) is 0 Å². The number of benzene rings is 1. The normalized spacial score (nSPS) is 11.3. The number of hydrogen-bond donors (Lipinski definition) is 2. The van der Waals surface area contributed by atoms with Gasteiger partial charge in [0, 0.05) is 17.2 Å². The van der Waals surface area contributed by atoms with Crippen LogP contribution in [0.2, 0.25) is 0 Å². The first-order valence-corrected chi connectivity index (χ1v) is 16.2. The number of thioether (sulfide) groups is 2. The molecule has 7 heteroatoms. The van der Waals surface area contributed by atoms with Crippen LogP contribution in [0.25, 0.3) is 11.4 Å². The van der Waals surface area contributed by atoms with Crippen molar-refractivity contribution < 1.29 is 5.11 Å². The molecule has 0 saturated heterocycles. The van der Waals surface area contributed by atoms with Gasteiger partial charge in [-0.15, -0.1) is 0 Å². The number of nitrogens with zero attached hydrogens (tertiary/aromatic N) is 3. The first kappa shape index (κ1) is 30.8. The van der Waals surface area contributed by atoms with Crippen molar-refractivity contribution >= 4 is 29.2 Å². The summed E-state index contributed by atoms with van der Waals surface area (Å²) in [5.74, 6) is 2.79. The molecule has 0 aliphatic carbocycles. The highest BCUT2D eigenvalue weighted by Gasteiger charge is 2.16. The topological polar surface area (TPSA) is 84.9 Å². The lowest BCUT2D eigenvalue weighted by atomic mass is 10.0. The molecule has 0 radical (unpaired) electrons. The number of nitrogens with two attached hydrogens (primary N) is 1. The van der Waals surface area contributed by atoms with Crippen LogP contribution in [0.4, 0.5) is 5.69 Å². The molecule has 2 rings (SSSR count). The number of aromatic nitrogens is 3. The van der Waals surface area contributed by atoms with E-state index in [1.165, 1.54) is 77.0 Å². The van der Waals surface area contributed by atoms with Crippen molar-refractivity contribution in [3.05, 3.63) is 17.7 Å². The Balaban J connectivity index is 2.13. The summed E-state index contributed by atoms with van der Waals surface area (Å²) in [6, 6.07) is 3.67. The lowest BCUT2D eigenvalue weighted by Crippen LogP contribution is -2.01. The van der Waals surface area contributed by atoms with Crippen LogP contribution in [0.15, 0.2) is 22.4 Å². The Morgan fingerprint density at radius 3 is 1.69 bits per heavy atom. The zero-order valence-corrected chi connectivity index (χ0v) is 24.5. The minimum absolute atomic E-state index is 0.252. The quantitative estimate of drug-likeness (QED) is 0.0761. The molecule has 0 spiro atoms. The van der Waals surface area contributed by atoms with Crippen LogP contribution >= 0.6 is 23.5 Å². The number of rotatable bonds is 20. The van der Waals surface area contributed by atoms with Gasteiger partial charge in [-0.2, -0.15) is 4.98 Å². The van der Waals surface area contributed by atoms with Crippen LogP contribution in [0.3, 0.4) is 0 Å². The minimum Gasteiger partial charge on any atom is -0.507 e. The molecule has 1 aromatic heterocycles. The fraction of sp³-hybridized carbons (Fsp3) is 0.690. The summed E-state index contributed by atoms with van der Waals surface area (Å²) < 4.78 is 0. The van der Waals surface area contributed by atoms with Crippen LogP contribution in [0, 0.1) is 0 Å². The van der Waals surface area contributed by atoms with E-state index in [9.17, 15) is 5.11 Å². The van der Waals surface area contributed by atoms with E-state index in [0.29, 0.717) is 17.1 Å². The summed E-state index contributed by atoms with van der Waals surface area (Å²) >= 11 is 3.40. The van der Waals surface area contributed by atoms with Crippen LogP contribution in [-0.2, 0) is 6.42 Å². The third-order valence-corrected chi connectivity index (χ3v) is 8.17. The average Bonchev–Trinajstić information content (AvgIpc) is 2.87. The molecule has 1 aromatic carbocycles. The monoisotopic (exact) mass is 532 g/mol. The number of phenolic OH excluding ortho intramolecular Hbond substituents is 1. The second kappa shape index (κ2) is 18.7. The molecule has 5 nitrogen and oxygen atoms in total. The van der Waals surface area contributed by atoms with E-state index in [0.717, 1.165) is 46.6 Å². The highest BCUT2D eigenvalue weighted by atomic mass is 32.2. The Bertz CT molecular complexity index is 842. The Labute approximate surface area is 228 Å². The molecule has 1 heterocycles. The van der Waals surface area contributed by atoms with Gasteiger partial charge in [-0.3, -0.25) is 0 Å². The standard InChI is InChI=1S/C29H48N4OS2/c1-4-7-10-12-14-16-19-35-28-31-27(25-22-24(30)21-23(26(25)34)18-9-6-3)32-29(33-28)36-20-17-15-13-11-8-5-2/h21-22,34H,4-20,30H2,1-3H3. The van der Waals surface area contributed by atoms with Crippen molar-refractivity contribution in [2.75, 3.05) is 17.2 Å². The van der Waals surface area contributed by atoms with Crippen molar-refractivity contribution in [1.82, 2.24) is 15.0 Å². The number of aryl methyl sites for hydroxylation is 1. The SMILES string of the molecule is CCCCCCCCSc1nc(SCCCCCCCC)nc(-c2cc(N)cc(CCCC)c2O)n1. The third-order valence-electron chi connectivity index (χ3n) is 6.30. The molecule has 2 aromatic rings. The largest absolute Gasteiger partial charge is 0.507 e. The molecular weight excluding hydrogens is 484 g/mol. The molecule has 0 aliphatic heterocycles. The summed E-state index contributed by atoms with van der Waals surface area (Å²) in [5.41, 5.74) is 8.34. The van der Waals surface area contributed by atoms with Gasteiger partial charge >= 0.3 is 0 Å². The Morgan fingerprint density at radius 2 is 1.17 bits per heavy atom. The summed E-state index contributed by atoms with van der Waals surface area (Å²) in [5, 5.41) is 12.5. The van der Waals surface area contributed by atoms with Gasteiger partial charge in [0.2, 0.25) is 0 Å². The number of unbranched alkanes of at least 4 members (excludes halogenated alkanes) is 11. The van der Waals surface area contributed by atoms with Crippen molar-refractivity contribution in [3.8, 4) is 17.1 Å². The zero-order valence-electron chi connectivity index (χ0n) is 22.9. The molecule has 0 bridgehead atoms. The van der Waals surface area contributed by atoms with Gasteiger partial charge < -0.3 is 10.8 Å². The molecule has 0 aliphatic rings. The van der Waals surface area contributed by atoms with Gasteiger partial charge in [-0.1, -0.05) is 115 Å². The van der Waals surface area contributed by atoms with Crippen LogP contribution < -0.4 is 5.73 Å². The van der Waals surface area contributed by atoms with Gasteiger partial charge in [0.1, 0.15) is 5.75 Å². The smallest absolute Gasteiger partial charge is 0.192 e.